The van der Waals surface area contributed by atoms with E-state index in [0.717, 1.165) is 12.8 Å². The maximum atomic E-state index is 4.04. The van der Waals surface area contributed by atoms with Gasteiger partial charge in [-0.25, -0.2) is 0 Å². The molecule has 2 aromatic heterocycles. The Bertz CT molecular complexity index is 450. The van der Waals surface area contributed by atoms with E-state index in [4.69, 9.17) is 0 Å². The fourth-order valence-corrected chi connectivity index (χ4v) is 2.84. The number of thiophene rings is 1. The minimum absolute atomic E-state index is 0.453. The van der Waals surface area contributed by atoms with Crippen LogP contribution in [0.5, 0.6) is 0 Å². The Balaban J connectivity index is 2.00. The van der Waals surface area contributed by atoms with E-state index >= 15 is 0 Å². The molecule has 0 spiro atoms. The average Bonchev–Trinajstić information content (AvgIpc) is 2.78. The molecule has 2 rings (SSSR count). The molecule has 0 aliphatic carbocycles. The van der Waals surface area contributed by atoms with Gasteiger partial charge in [-0.3, -0.25) is 4.98 Å². The lowest BCUT2D eigenvalue weighted by molar-refractivity contribution is 0.548. The molecule has 0 saturated carbocycles. The van der Waals surface area contributed by atoms with Crippen molar-refractivity contribution in [3.05, 3.63) is 52.0 Å². The fraction of sp³-hybridized carbons (Fsp3) is 0.357. The SMILES string of the molecule is CNC(CCc1ccncc1)c1ccsc1C. The highest BCUT2D eigenvalue weighted by Gasteiger charge is 2.12. The molecule has 2 aromatic rings. The number of pyridine rings is 1. The van der Waals surface area contributed by atoms with Gasteiger partial charge in [-0.2, -0.15) is 0 Å². The number of hydrogen-bond acceptors (Lipinski definition) is 3. The average molecular weight is 246 g/mol. The molecule has 90 valence electrons. The lowest BCUT2D eigenvalue weighted by Crippen LogP contribution is -2.17. The summed E-state index contributed by atoms with van der Waals surface area (Å²) in [6, 6.07) is 6.86. The van der Waals surface area contributed by atoms with Crippen molar-refractivity contribution in [1.82, 2.24) is 10.3 Å². The van der Waals surface area contributed by atoms with Gasteiger partial charge in [-0.15, -0.1) is 11.3 Å². The second kappa shape index (κ2) is 5.94. The molecule has 1 atom stereocenters. The van der Waals surface area contributed by atoms with Crippen LogP contribution < -0.4 is 5.32 Å². The number of aromatic nitrogens is 1. The summed E-state index contributed by atoms with van der Waals surface area (Å²) in [7, 11) is 2.04. The van der Waals surface area contributed by atoms with Crippen molar-refractivity contribution in [3.63, 3.8) is 0 Å². The van der Waals surface area contributed by atoms with Crippen LogP contribution in [0.1, 0.15) is 28.5 Å². The minimum atomic E-state index is 0.453. The summed E-state index contributed by atoms with van der Waals surface area (Å²) in [5.74, 6) is 0. The van der Waals surface area contributed by atoms with Crippen molar-refractivity contribution in [3.8, 4) is 0 Å². The lowest BCUT2D eigenvalue weighted by Gasteiger charge is -2.16. The number of rotatable bonds is 5. The lowest BCUT2D eigenvalue weighted by atomic mass is 10.0. The monoisotopic (exact) mass is 246 g/mol. The molecular formula is C14H18N2S. The van der Waals surface area contributed by atoms with Crippen molar-refractivity contribution in [1.29, 1.82) is 0 Å². The highest BCUT2D eigenvalue weighted by atomic mass is 32.1. The molecule has 2 heterocycles. The largest absolute Gasteiger partial charge is 0.313 e. The van der Waals surface area contributed by atoms with E-state index in [-0.39, 0.29) is 0 Å². The van der Waals surface area contributed by atoms with E-state index < -0.39 is 0 Å². The molecule has 17 heavy (non-hydrogen) atoms. The molecule has 0 fully saturated rings. The minimum Gasteiger partial charge on any atom is -0.313 e. The predicted octanol–water partition coefficient (Wildman–Crippen LogP) is 3.34. The standard InChI is InChI=1S/C14H18N2S/c1-11-13(7-10-17-11)14(15-2)4-3-12-5-8-16-9-6-12/h5-10,14-15H,3-4H2,1-2H3. The van der Waals surface area contributed by atoms with E-state index in [1.165, 1.54) is 16.0 Å². The van der Waals surface area contributed by atoms with Crippen LogP contribution in [0.15, 0.2) is 36.0 Å². The number of aryl methyl sites for hydroxylation is 2. The molecule has 0 aromatic carbocycles. The normalized spacial score (nSPS) is 12.6. The Morgan fingerprint density at radius 1 is 1.29 bits per heavy atom. The van der Waals surface area contributed by atoms with Crippen LogP contribution in [-0.2, 0) is 6.42 Å². The maximum Gasteiger partial charge on any atom is 0.0331 e. The molecular weight excluding hydrogens is 228 g/mol. The quantitative estimate of drug-likeness (QED) is 0.875. The molecule has 1 unspecified atom stereocenters. The Hall–Kier alpha value is -1.19. The van der Waals surface area contributed by atoms with Crippen molar-refractivity contribution in [2.24, 2.45) is 0 Å². The zero-order valence-corrected chi connectivity index (χ0v) is 11.1. The summed E-state index contributed by atoms with van der Waals surface area (Å²) in [5.41, 5.74) is 2.79. The third-order valence-electron chi connectivity index (χ3n) is 3.09. The molecule has 0 radical (unpaired) electrons. The van der Waals surface area contributed by atoms with Crippen molar-refractivity contribution < 1.29 is 0 Å². The molecule has 0 saturated heterocycles. The van der Waals surface area contributed by atoms with Crippen molar-refractivity contribution in [2.45, 2.75) is 25.8 Å². The highest BCUT2D eigenvalue weighted by molar-refractivity contribution is 7.10. The van der Waals surface area contributed by atoms with Crippen molar-refractivity contribution >= 4 is 11.3 Å². The zero-order valence-electron chi connectivity index (χ0n) is 10.3. The Labute approximate surface area is 107 Å². The predicted molar refractivity (Wildman–Crippen MR) is 73.4 cm³/mol. The summed E-state index contributed by atoms with van der Waals surface area (Å²) in [6.07, 6.45) is 5.93. The molecule has 2 nitrogen and oxygen atoms in total. The number of nitrogens with one attached hydrogen (secondary N) is 1. The smallest absolute Gasteiger partial charge is 0.0331 e. The first-order valence-corrected chi connectivity index (χ1v) is 6.79. The maximum absolute atomic E-state index is 4.04. The summed E-state index contributed by atoms with van der Waals surface area (Å²) < 4.78 is 0. The number of hydrogen-bond donors (Lipinski definition) is 1. The summed E-state index contributed by atoms with van der Waals surface area (Å²) in [4.78, 5) is 5.46. The van der Waals surface area contributed by atoms with Gasteiger partial charge in [-0.05, 0) is 61.5 Å². The summed E-state index contributed by atoms with van der Waals surface area (Å²) >= 11 is 1.82. The van der Waals surface area contributed by atoms with Crippen LogP contribution in [0.3, 0.4) is 0 Å². The van der Waals surface area contributed by atoms with Gasteiger partial charge in [0.1, 0.15) is 0 Å². The number of nitrogens with zero attached hydrogens (tertiary/aromatic N) is 1. The van der Waals surface area contributed by atoms with Crippen LogP contribution in [0, 0.1) is 6.92 Å². The van der Waals surface area contributed by atoms with Gasteiger partial charge in [0, 0.05) is 23.3 Å². The third kappa shape index (κ3) is 3.14. The molecule has 0 amide bonds. The van der Waals surface area contributed by atoms with E-state index in [1.54, 1.807) is 0 Å². The van der Waals surface area contributed by atoms with Crippen LogP contribution in [0.25, 0.3) is 0 Å². The van der Waals surface area contributed by atoms with Gasteiger partial charge in [0.05, 0.1) is 0 Å². The molecule has 0 aliphatic rings. The Kier molecular flexibility index (Phi) is 4.29. The summed E-state index contributed by atoms with van der Waals surface area (Å²) in [5, 5.41) is 5.57. The molecule has 0 aliphatic heterocycles. The van der Waals surface area contributed by atoms with E-state index in [9.17, 15) is 0 Å². The first-order valence-electron chi connectivity index (χ1n) is 5.91. The molecule has 3 heteroatoms. The van der Waals surface area contributed by atoms with E-state index in [2.05, 4.69) is 40.8 Å². The van der Waals surface area contributed by atoms with Crippen LogP contribution in [0.4, 0.5) is 0 Å². The van der Waals surface area contributed by atoms with Gasteiger partial charge >= 0.3 is 0 Å². The van der Waals surface area contributed by atoms with Gasteiger partial charge in [0.15, 0.2) is 0 Å². The summed E-state index contributed by atoms with van der Waals surface area (Å²) in [6.45, 7) is 2.19. The van der Waals surface area contributed by atoms with Gasteiger partial charge < -0.3 is 5.32 Å². The second-order valence-corrected chi connectivity index (χ2v) is 5.29. The van der Waals surface area contributed by atoms with Crippen LogP contribution in [-0.4, -0.2) is 12.0 Å². The Morgan fingerprint density at radius 3 is 2.65 bits per heavy atom. The second-order valence-electron chi connectivity index (χ2n) is 4.17. The van der Waals surface area contributed by atoms with Crippen molar-refractivity contribution in [2.75, 3.05) is 7.05 Å². The third-order valence-corrected chi connectivity index (χ3v) is 3.96. The zero-order chi connectivity index (χ0) is 12.1. The fourth-order valence-electron chi connectivity index (χ4n) is 2.07. The molecule has 1 N–H and O–H groups in total. The van der Waals surface area contributed by atoms with Crippen LogP contribution in [0.2, 0.25) is 0 Å². The first-order chi connectivity index (χ1) is 8.31. The van der Waals surface area contributed by atoms with E-state index in [0.29, 0.717) is 6.04 Å². The van der Waals surface area contributed by atoms with E-state index in [1.807, 2.05) is 30.8 Å². The Morgan fingerprint density at radius 2 is 2.06 bits per heavy atom. The van der Waals surface area contributed by atoms with Gasteiger partial charge in [0.2, 0.25) is 0 Å². The first kappa shape index (κ1) is 12.3. The van der Waals surface area contributed by atoms with Gasteiger partial charge in [-0.1, -0.05) is 0 Å². The molecule has 0 bridgehead atoms. The van der Waals surface area contributed by atoms with Crippen LogP contribution >= 0.6 is 11.3 Å². The van der Waals surface area contributed by atoms with Gasteiger partial charge in [0.25, 0.3) is 0 Å². The highest BCUT2D eigenvalue weighted by Crippen LogP contribution is 2.25. The topological polar surface area (TPSA) is 24.9 Å².